The van der Waals surface area contributed by atoms with Crippen molar-refractivity contribution in [3.8, 4) is 0 Å². The Labute approximate surface area is 120 Å². The molecule has 1 amide bonds. The minimum absolute atomic E-state index is 0.0114. The van der Waals surface area contributed by atoms with E-state index in [2.05, 4.69) is 5.32 Å². The van der Waals surface area contributed by atoms with Crippen molar-refractivity contribution in [2.75, 3.05) is 5.75 Å². The van der Waals surface area contributed by atoms with E-state index in [0.29, 0.717) is 10.6 Å². The third-order valence-corrected chi connectivity index (χ3v) is 4.46. The van der Waals surface area contributed by atoms with Crippen molar-refractivity contribution >= 4 is 29.3 Å². The first-order valence-corrected chi connectivity index (χ1v) is 7.36. The zero-order valence-electron chi connectivity index (χ0n) is 10.1. The molecule has 1 aliphatic rings. The fraction of sp³-hybridized carbons (Fsp3) is 0.214. The van der Waals surface area contributed by atoms with E-state index < -0.39 is 0 Å². The van der Waals surface area contributed by atoms with Gasteiger partial charge in [-0.25, -0.2) is 0 Å². The predicted octanol–water partition coefficient (Wildman–Crippen LogP) is 3.90. The lowest BCUT2D eigenvalue weighted by Gasteiger charge is -2.26. The van der Waals surface area contributed by atoms with E-state index in [1.165, 1.54) is 17.4 Å². The largest absolute Gasteiger partial charge is 0.472 e. The number of nitrogens with one attached hydrogen (secondary N) is 1. The molecule has 0 aliphatic carbocycles. The van der Waals surface area contributed by atoms with E-state index in [1.807, 2.05) is 18.2 Å². The number of fused-ring (bicyclic) bond motifs is 1. The second-order valence-electron chi connectivity index (χ2n) is 4.36. The Balaban J connectivity index is 1.84. The summed E-state index contributed by atoms with van der Waals surface area (Å²) >= 11 is 7.84. The van der Waals surface area contributed by atoms with E-state index in [4.69, 9.17) is 16.0 Å². The summed E-state index contributed by atoms with van der Waals surface area (Å²) < 4.78 is 4.93. The van der Waals surface area contributed by atoms with Gasteiger partial charge in [0.2, 0.25) is 0 Å². The molecule has 0 bridgehead atoms. The number of carbonyl (C=O) groups excluding carboxylic acids is 1. The third kappa shape index (κ3) is 2.65. The highest BCUT2D eigenvalue weighted by atomic mass is 35.5. The first-order chi connectivity index (χ1) is 9.24. The number of benzene rings is 1. The van der Waals surface area contributed by atoms with E-state index in [-0.39, 0.29) is 11.9 Å². The van der Waals surface area contributed by atoms with Crippen LogP contribution in [0.1, 0.15) is 28.4 Å². The Hall–Kier alpha value is -1.39. The standard InChI is InChI=1S/C14H12ClNO2S/c15-10-1-2-13-11(7-10)12(4-6-19-13)16-14(17)9-3-5-18-8-9/h1-3,5,7-8,12H,4,6H2,(H,16,17)/t12-/m0/s1. The number of hydrogen-bond acceptors (Lipinski definition) is 3. The van der Waals surface area contributed by atoms with E-state index in [9.17, 15) is 4.79 Å². The van der Waals surface area contributed by atoms with Gasteiger partial charge in [0.25, 0.3) is 5.91 Å². The van der Waals surface area contributed by atoms with Crippen LogP contribution >= 0.6 is 23.4 Å². The Morgan fingerprint density at radius 1 is 1.42 bits per heavy atom. The molecule has 19 heavy (non-hydrogen) atoms. The molecule has 1 atom stereocenters. The summed E-state index contributed by atoms with van der Waals surface area (Å²) in [6.45, 7) is 0. The Morgan fingerprint density at radius 3 is 3.11 bits per heavy atom. The van der Waals surface area contributed by atoms with Crippen LogP contribution < -0.4 is 5.32 Å². The Bertz CT molecular complexity index is 597. The quantitative estimate of drug-likeness (QED) is 0.913. The first kappa shape index (κ1) is 12.6. The van der Waals surface area contributed by atoms with Gasteiger partial charge >= 0.3 is 0 Å². The molecule has 3 nitrogen and oxygen atoms in total. The fourth-order valence-electron chi connectivity index (χ4n) is 2.15. The summed E-state index contributed by atoms with van der Waals surface area (Å²) in [6, 6.07) is 7.50. The second kappa shape index (κ2) is 5.31. The smallest absolute Gasteiger partial charge is 0.255 e. The number of amides is 1. The maximum absolute atomic E-state index is 12.1. The molecule has 3 rings (SSSR count). The van der Waals surface area contributed by atoms with E-state index in [1.54, 1.807) is 17.8 Å². The molecule has 1 N–H and O–H groups in total. The Morgan fingerprint density at radius 2 is 2.32 bits per heavy atom. The topological polar surface area (TPSA) is 42.2 Å². The molecule has 0 saturated carbocycles. The van der Waals surface area contributed by atoms with Crippen LogP contribution in [-0.4, -0.2) is 11.7 Å². The molecule has 2 heterocycles. The SMILES string of the molecule is O=C(N[C@H]1CCSc2ccc(Cl)cc21)c1ccoc1. The van der Waals surface area contributed by atoms with Gasteiger partial charge in [-0.3, -0.25) is 4.79 Å². The van der Waals surface area contributed by atoms with Crippen LogP contribution in [0.15, 0.2) is 46.1 Å². The van der Waals surface area contributed by atoms with Gasteiger partial charge in [0.05, 0.1) is 17.9 Å². The number of thioether (sulfide) groups is 1. The summed E-state index contributed by atoms with van der Waals surface area (Å²) in [7, 11) is 0. The summed E-state index contributed by atoms with van der Waals surface area (Å²) in [5, 5.41) is 3.73. The van der Waals surface area contributed by atoms with Crippen molar-refractivity contribution in [1.29, 1.82) is 0 Å². The number of halogens is 1. The number of furan rings is 1. The summed E-state index contributed by atoms with van der Waals surface area (Å²) in [6.07, 6.45) is 3.85. The van der Waals surface area contributed by atoms with Gasteiger partial charge in [-0.2, -0.15) is 0 Å². The molecule has 0 saturated heterocycles. The zero-order chi connectivity index (χ0) is 13.2. The summed E-state index contributed by atoms with van der Waals surface area (Å²) in [5.41, 5.74) is 1.64. The fourth-order valence-corrected chi connectivity index (χ4v) is 3.44. The lowest BCUT2D eigenvalue weighted by Crippen LogP contribution is -2.30. The van der Waals surface area contributed by atoms with Gasteiger partial charge in [0.1, 0.15) is 6.26 Å². The molecule has 98 valence electrons. The lowest BCUT2D eigenvalue weighted by atomic mass is 10.0. The molecule has 1 aromatic heterocycles. The molecule has 0 spiro atoms. The van der Waals surface area contributed by atoms with Crippen LogP contribution in [0, 0.1) is 0 Å². The second-order valence-corrected chi connectivity index (χ2v) is 5.93. The zero-order valence-corrected chi connectivity index (χ0v) is 11.6. The number of hydrogen-bond donors (Lipinski definition) is 1. The maximum atomic E-state index is 12.1. The number of rotatable bonds is 2. The van der Waals surface area contributed by atoms with E-state index >= 15 is 0 Å². The van der Waals surface area contributed by atoms with Crippen LogP contribution in [0.5, 0.6) is 0 Å². The molecule has 0 fully saturated rings. The maximum Gasteiger partial charge on any atom is 0.255 e. The lowest BCUT2D eigenvalue weighted by molar-refractivity contribution is 0.0934. The molecule has 1 aromatic carbocycles. The number of carbonyl (C=O) groups is 1. The van der Waals surface area contributed by atoms with Crippen molar-refractivity contribution in [3.63, 3.8) is 0 Å². The molecular formula is C14H12ClNO2S. The Kier molecular flexibility index (Phi) is 3.53. The van der Waals surface area contributed by atoms with Crippen molar-refractivity contribution in [2.45, 2.75) is 17.4 Å². The van der Waals surface area contributed by atoms with Crippen molar-refractivity contribution in [1.82, 2.24) is 5.32 Å². The summed E-state index contributed by atoms with van der Waals surface area (Å²) in [4.78, 5) is 13.2. The average molecular weight is 294 g/mol. The van der Waals surface area contributed by atoms with Crippen LogP contribution in [-0.2, 0) is 0 Å². The normalized spacial score (nSPS) is 17.8. The van der Waals surface area contributed by atoms with Gasteiger partial charge in [0.15, 0.2) is 0 Å². The van der Waals surface area contributed by atoms with Gasteiger partial charge in [-0.1, -0.05) is 11.6 Å². The van der Waals surface area contributed by atoms with Gasteiger partial charge in [-0.05, 0) is 36.2 Å². The predicted molar refractivity (Wildman–Crippen MR) is 75.7 cm³/mol. The molecule has 0 unspecified atom stereocenters. The summed E-state index contributed by atoms with van der Waals surface area (Å²) in [5.74, 6) is 0.877. The van der Waals surface area contributed by atoms with Gasteiger partial charge in [0, 0.05) is 15.7 Å². The van der Waals surface area contributed by atoms with Crippen LogP contribution in [0.3, 0.4) is 0 Å². The van der Waals surface area contributed by atoms with Crippen molar-refractivity contribution < 1.29 is 9.21 Å². The molecule has 2 aromatic rings. The van der Waals surface area contributed by atoms with Gasteiger partial charge in [-0.15, -0.1) is 11.8 Å². The van der Waals surface area contributed by atoms with Crippen LogP contribution in [0.2, 0.25) is 5.02 Å². The highest BCUT2D eigenvalue weighted by Gasteiger charge is 2.23. The first-order valence-electron chi connectivity index (χ1n) is 5.99. The van der Waals surface area contributed by atoms with Crippen molar-refractivity contribution in [2.24, 2.45) is 0 Å². The van der Waals surface area contributed by atoms with Crippen molar-refractivity contribution in [3.05, 3.63) is 52.9 Å². The molecule has 0 radical (unpaired) electrons. The minimum atomic E-state index is -0.114. The molecular weight excluding hydrogens is 282 g/mol. The van der Waals surface area contributed by atoms with Gasteiger partial charge < -0.3 is 9.73 Å². The van der Waals surface area contributed by atoms with Crippen LogP contribution in [0.25, 0.3) is 0 Å². The van der Waals surface area contributed by atoms with E-state index in [0.717, 1.165) is 17.7 Å². The molecule has 5 heteroatoms. The third-order valence-electron chi connectivity index (χ3n) is 3.10. The highest BCUT2D eigenvalue weighted by molar-refractivity contribution is 7.99. The average Bonchev–Trinajstić information content (AvgIpc) is 2.93. The van der Waals surface area contributed by atoms with Crippen LogP contribution in [0.4, 0.5) is 0 Å². The highest BCUT2D eigenvalue weighted by Crippen LogP contribution is 2.37. The monoisotopic (exact) mass is 293 g/mol. The molecule has 1 aliphatic heterocycles. The minimum Gasteiger partial charge on any atom is -0.472 e.